The van der Waals surface area contributed by atoms with Crippen LogP contribution in [0.5, 0.6) is 0 Å². The Labute approximate surface area is 117 Å². The molecule has 106 valence electrons. The zero-order chi connectivity index (χ0) is 14.7. The van der Waals surface area contributed by atoms with Crippen molar-refractivity contribution in [3.05, 3.63) is 41.9 Å². The van der Waals surface area contributed by atoms with Crippen molar-refractivity contribution in [1.82, 2.24) is 15.3 Å². The standard InChI is InChI=1S/C14H18N4O2/c1-8(2)13-16-7-10(15)12(18-13)14(19)17-9(3)11-5-4-6-20-11/h4-9H,15H2,1-3H3,(H,17,19). The highest BCUT2D eigenvalue weighted by Crippen LogP contribution is 2.16. The fraction of sp³-hybridized carbons (Fsp3) is 0.357. The third-order valence-electron chi connectivity index (χ3n) is 2.88. The van der Waals surface area contributed by atoms with E-state index in [0.717, 1.165) is 0 Å². The summed E-state index contributed by atoms with van der Waals surface area (Å²) in [6, 6.07) is 3.32. The quantitative estimate of drug-likeness (QED) is 0.891. The highest BCUT2D eigenvalue weighted by Gasteiger charge is 2.18. The van der Waals surface area contributed by atoms with E-state index in [-0.39, 0.29) is 29.2 Å². The number of hydrogen-bond acceptors (Lipinski definition) is 5. The van der Waals surface area contributed by atoms with Gasteiger partial charge in [0.05, 0.1) is 24.2 Å². The van der Waals surface area contributed by atoms with Crippen LogP contribution in [0.15, 0.2) is 29.0 Å². The highest BCUT2D eigenvalue weighted by molar-refractivity contribution is 5.97. The third kappa shape index (κ3) is 2.96. The van der Waals surface area contributed by atoms with Crippen LogP contribution in [-0.4, -0.2) is 15.9 Å². The molecular formula is C14H18N4O2. The number of nitrogens with one attached hydrogen (secondary N) is 1. The van der Waals surface area contributed by atoms with E-state index in [1.54, 1.807) is 18.4 Å². The predicted octanol–water partition coefficient (Wildman–Crippen LogP) is 2.27. The molecule has 2 rings (SSSR count). The van der Waals surface area contributed by atoms with Crippen molar-refractivity contribution in [3.8, 4) is 0 Å². The summed E-state index contributed by atoms with van der Waals surface area (Å²) in [5.41, 5.74) is 6.23. The van der Waals surface area contributed by atoms with Crippen LogP contribution in [0.2, 0.25) is 0 Å². The SMILES string of the molecule is CC(C)c1ncc(N)c(C(=O)NC(C)c2ccco2)n1. The zero-order valence-electron chi connectivity index (χ0n) is 11.8. The average molecular weight is 274 g/mol. The first-order chi connectivity index (χ1) is 9.49. The lowest BCUT2D eigenvalue weighted by molar-refractivity contribution is 0.0931. The van der Waals surface area contributed by atoms with Gasteiger partial charge >= 0.3 is 0 Å². The Morgan fingerprint density at radius 3 is 2.75 bits per heavy atom. The van der Waals surface area contributed by atoms with Crippen LogP contribution >= 0.6 is 0 Å². The summed E-state index contributed by atoms with van der Waals surface area (Å²) < 4.78 is 5.25. The molecule has 1 atom stereocenters. The summed E-state index contributed by atoms with van der Waals surface area (Å²) in [5, 5.41) is 2.80. The molecule has 0 saturated heterocycles. The van der Waals surface area contributed by atoms with Crippen LogP contribution in [0.4, 0.5) is 5.69 Å². The molecule has 6 heteroatoms. The summed E-state index contributed by atoms with van der Waals surface area (Å²) in [4.78, 5) is 20.6. The molecule has 0 aliphatic rings. The zero-order valence-corrected chi connectivity index (χ0v) is 11.8. The first kappa shape index (κ1) is 14.0. The van der Waals surface area contributed by atoms with E-state index in [2.05, 4.69) is 15.3 Å². The molecular weight excluding hydrogens is 256 g/mol. The topological polar surface area (TPSA) is 94.0 Å². The number of carbonyl (C=O) groups is 1. The van der Waals surface area contributed by atoms with Gasteiger partial charge in [0.1, 0.15) is 11.6 Å². The number of hydrogen-bond donors (Lipinski definition) is 2. The van der Waals surface area contributed by atoms with Crippen LogP contribution in [-0.2, 0) is 0 Å². The average Bonchev–Trinajstić information content (AvgIpc) is 2.92. The van der Waals surface area contributed by atoms with Gasteiger partial charge < -0.3 is 15.5 Å². The second-order valence-electron chi connectivity index (χ2n) is 4.90. The van der Waals surface area contributed by atoms with Gasteiger partial charge in [-0.2, -0.15) is 0 Å². The molecule has 0 spiro atoms. The predicted molar refractivity (Wildman–Crippen MR) is 75.1 cm³/mol. The molecule has 2 aromatic heterocycles. The second kappa shape index (κ2) is 5.73. The summed E-state index contributed by atoms with van der Waals surface area (Å²) in [5.74, 6) is 1.06. The van der Waals surface area contributed by atoms with E-state index >= 15 is 0 Å². The van der Waals surface area contributed by atoms with Crippen molar-refractivity contribution in [2.75, 3.05) is 5.73 Å². The number of rotatable bonds is 4. The molecule has 0 bridgehead atoms. The van der Waals surface area contributed by atoms with Crippen LogP contribution in [0.1, 0.15) is 54.8 Å². The molecule has 0 aliphatic heterocycles. The first-order valence-electron chi connectivity index (χ1n) is 6.45. The Morgan fingerprint density at radius 1 is 1.40 bits per heavy atom. The maximum atomic E-state index is 12.2. The molecule has 3 N–H and O–H groups in total. The van der Waals surface area contributed by atoms with Gasteiger partial charge in [-0.15, -0.1) is 0 Å². The normalized spacial score (nSPS) is 12.4. The fourth-order valence-electron chi connectivity index (χ4n) is 1.74. The van der Waals surface area contributed by atoms with E-state index < -0.39 is 0 Å². The molecule has 0 saturated carbocycles. The number of furan rings is 1. The van der Waals surface area contributed by atoms with Crippen molar-refractivity contribution in [2.24, 2.45) is 0 Å². The minimum absolute atomic E-state index is 0.129. The lowest BCUT2D eigenvalue weighted by atomic mass is 10.2. The minimum atomic E-state index is -0.337. The minimum Gasteiger partial charge on any atom is -0.467 e. The Balaban J connectivity index is 2.18. The number of nitrogens with zero attached hydrogens (tertiary/aromatic N) is 2. The molecule has 0 aliphatic carbocycles. The number of nitrogens with two attached hydrogens (primary N) is 1. The van der Waals surface area contributed by atoms with Gasteiger partial charge in [-0.1, -0.05) is 13.8 Å². The Hall–Kier alpha value is -2.37. The van der Waals surface area contributed by atoms with Gasteiger partial charge in [-0.3, -0.25) is 4.79 Å². The largest absolute Gasteiger partial charge is 0.467 e. The van der Waals surface area contributed by atoms with E-state index in [0.29, 0.717) is 11.6 Å². The molecule has 2 aromatic rings. The highest BCUT2D eigenvalue weighted by atomic mass is 16.3. The molecule has 1 amide bonds. The molecule has 2 heterocycles. The molecule has 1 unspecified atom stereocenters. The molecule has 6 nitrogen and oxygen atoms in total. The summed E-state index contributed by atoms with van der Waals surface area (Å²) in [6.45, 7) is 5.74. The van der Waals surface area contributed by atoms with E-state index in [9.17, 15) is 4.79 Å². The lowest BCUT2D eigenvalue weighted by Gasteiger charge is -2.13. The van der Waals surface area contributed by atoms with Crippen molar-refractivity contribution in [1.29, 1.82) is 0 Å². The maximum absolute atomic E-state index is 12.2. The summed E-state index contributed by atoms with van der Waals surface area (Å²) >= 11 is 0. The summed E-state index contributed by atoms with van der Waals surface area (Å²) in [7, 11) is 0. The van der Waals surface area contributed by atoms with Gasteiger partial charge in [0.2, 0.25) is 0 Å². The third-order valence-corrected chi connectivity index (χ3v) is 2.88. The van der Waals surface area contributed by atoms with Gasteiger partial charge in [0.15, 0.2) is 5.69 Å². The smallest absolute Gasteiger partial charge is 0.272 e. The van der Waals surface area contributed by atoms with Crippen molar-refractivity contribution in [3.63, 3.8) is 0 Å². The maximum Gasteiger partial charge on any atom is 0.272 e. The molecule has 20 heavy (non-hydrogen) atoms. The van der Waals surface area contributed by atoms with Crippen LogP contribution in [0, 0.1) is 0 Å². The number of carbonyl (C=O) groups excluding carboxylic acids is 1. The molecule has 0 aromatic carbocycles. The van der Waals surface area contributed by atoms with Crippen LogP contribution < -0.4 is 11.1 Å². The molecule has 0 fully saturated rings. The van der Waals surface area contributed by atoms with Gasteiger partial charge in [0, 0.05) is 5.92 Å². The summed E-state index contributed by atoms with van der Waals surface area (Å²) in [6.07, 6.45) is 3.03. The van der Waals surface area contributed by atoms with Crippen LogP contribution in [0.3, 0.4) is 0 Å². The Bertz CT molecular complexity index is 593. The van der Waals surface area contributed by atoms with E-state index in [1.165, 1.54) is 6.20 Å². The second-order valence-corrected chi connectivity index (χ2v) is 4.90. The number of anilines is 1. The van der Waals surface area contributed by atoms with Crippen molar-refractivity contribution in [2.45, 2.75) is 32.7 Å². The lowest BCUT2D eigenvalue weighted by Crippen LogP contribution is -2.28. The Kier molecular flexibility index (Phi) is 4.02. The van der Waals surface area contributed by atoms with E-state index in [1.807, 2.05) is 20.8 Å². The van der Waals surface area contributed by atoms with Gasteiger partial charge in [-0.25, -0.2) is 9.97 Å². The van der Waals surface area contributed by atoms with Gasteiger partial charge in [-0.05, 0) is 19.1 Å². The number of nitrogen functional groups attached to an aromatic ring is 1. The number of amides is 1. The van der Waals surface area contributed by atoms with Gasteiger partial charge in [0.25, 0.3) is 5.91 Å². The number of aromatic nitrogens is 2. The Morgan fingerprint density at radius 2 is 2.15 bits per heavy atom. The van der Waals surface area contributed by atoms with Crippen molar-refractivity contribution < 1.29 is 9.21 Å². The van der Waals surface area contributed by atoms with Crippen LogP contribution in [0.25, 0.3) is 0 Å². The fourth-order valence-corrected chi connectivity index (χ4v) is 1.74. The van der Waals surface area contributed by atoms with E-state index in [4.69, 9.17) is 10.2 Å². The van der Waals surface area contributed by atoms with Crippen molar-refractivity contribution >= 4 is 11.6 Å². The monoisotopic (exact) mass is 274 g/mol. The first-order valence-corrected chi connectivity index (χ1v) is 6.45. The molecule has 0 radical (unpaired) electrons.